The first-order valence-corrected chi connectivity index (χ1v) is 7.01. The Morgan fingerprint density at radius 3 is 2.57 bits per heavy atom. The Hall–Kier alpha value is -2.30. The summed E-state index contributed by atoms with van der Waals surface area (Å²) in [6.07, 6.45) is 3.41. The van der Waals surface area contributed by atoms with Crippen LogP contribution in [0.3, 0.4) is 0 Å². The third-order valence-electron chi connectivity index (χ3n) is 3.37. The van der Waals surface area contributed by atoms with Crippen molar-refractivity contribution in [3.8, 4) is 11.5 Å². The maximum absolute atomic E-state index is 5.76. The first-order chi connectivity index (χ1) is 9.94. The minimum Gasteiger partial charge on any atom is -0.449 e. The van der Waals surface area contributed by atoms with Crippen LogP contribution in [0.4, 0.5) is 5.69 Å². The Kier molecular flexibility index (Phi) is 3.20. The molecule has 1 aromatic heterocycles. The van der Waals surface area contributed by atoms with Gasteiger partial charge >= 0.3 is 0 Å². The Morgan fingerprint density at radius 1 is 1.10 bits per heavy atom. The molecule has 2 aromatic rings. The number of anilines is 1. The lowest BCUT2D eigenvalue weighted by molar-refractivity contribution is -0.0431. The minimum absolute atomic E-state index is 0.0621. The van der Waals surface area contributed by atoms with Crippen LogP contribution in [0.25, 0.3) is 0 Å². The SMILES string of the molecule is Cc1nccnc1C(C)Nc1ccc2c(c1)OC(C)(C)O2. The van der Waals surface area contributed by atoms with Gasteiger partial charge in [-0.3, -0.25) is 9.97 Å². The molecule has 0 aliphatic carbocycles. The maximum Gasteiger partial charge on any atom is 0.246 e. The van der Waals surface area contributed by atoms with Crippen molar-refractivity contribution in [3.63, 3.8) is 0 Å². The second-order valence-electron chi connectivity index (χ2n) is 5.66. The van der Waals surface area contributed by atoms with Crippen LogP contribution in [0, 0.1) is 6.92 Å². The van der Waals surface area contributed by atoms with Crippen LogP contribution in [0.2, 0.25) is 0 Å². The van der Waals surface area contributed by atoms with Crippen LogP contribution in [0.5, 0.6) is 11.5 Å². The maximum atomic E-state index is 5.76. The van der Waals surface area contributed by atoms with Crippen LogP contribution < -0.4 is 14.8 Å². The summed E-state index contributed by atoms with van der Waals surface area (Å²) in [5, 5.41) is 3.42. The van der Waals surface area contributed by atoms with Gasteiger partial charge in [0.25, 0.3) is 0 Å². The summed E-state index contributed by atoms with van der Waals surface area (Å²) in [5.74, 6) is 0.926. The van der Waals surface area contributed by atoms with Crippen molar-refractivity contribution in [3.05, 3.63) is 42.0 Å². The lowest BCUT2D eigenvalue weighted by Gasteiger charge is -2.16. The molecular weight excluding hydrogens is 266 g/mol. The highest BCUT2D eigenvalue weighted by atomic mass is 16.7. The van der Waals surface area contributed by atoms with E-state index in [0.717, 1.165) is 28.6 Å². The molecular formula is C16H19N3O2. The Labute approximate surface area is 124 Å². The van der Waals surface area contributed by atoms with E-state index < -0.39 is 5.79 Å². The van der Waals surface area contributed by atoms with Gasteiger partial charge in [0, 0.05) is 38.0 Å². The molecule has 0 spiro atoms. The molecule has 1 aromatic carbocycles. The van der Waals surface area contributed by atoms with E-state index >= 15 is 0 Å². The number of benzene rings is 1. The number of hydrogen-bond donors (Lipinski definition) is 1. The van der Waals surface area contributed by atoms with Gasteiger partial charge in [-0.2, -0.15) is 0 Å². The lowest BCUT2D eigenvalue weighted by Crippen LogP contribution is -2.29. The van der Waals surface area contributed by atoms with Crippen LogP contribution in [0.15, 0.2) is 30.6 Å². The summed E-state index contributed by atoms with van der Waals surface area (Å²) in [6, 6.07) is 5.91. The molecule has 1 unspecified atom stereocenters. The summed E-state index contributed by atoms with van der Waals surface area (Å²) < 4.78 is 11.4. The third kappa shape index (κ3) is 2.77. The number of nitrogens with zero attached hydrogens (tertiary/aromatic N) is 2. The lowest BCUT2D eigenvalue weighted by atomic mass is 10.1. The van der Waals surface area contributed by atoms with Crippen molar-refractivity contribution >= 4 is 5.69 Å². The zero-order valence-corrected chi connectivity index (χ0v) is 12.7. The fourth-order valence-corrected chi connectivity index (χ4v) is 2.47. The van der Waals surface area contributed by atoms with E-state index in [4.69, 9.17) is 9.47 Å². The molecule has 1 aliphatic heterocycles. The molecule has 1 atom stereocenters. The van der Waals surface area contributed by atoms with Gasteiger partial charge in [0.15, 0.2) is 11.5 Å². The number of hydrogen-bond acceptors (Lipinski definition) is 5. The van der Waals surface area contributed by atoms with Crippen molar-refractivity contribution in [2.24, 2.45) is 0 Å². The van der Waals surface area contributed by atoms with Crippen LogP contribution >= 0.6 is 0 Å². The van der Waals surface area contributed by atoms with Crippen molar-refractivity contribution < 1.29 is 9.47 Å². The second kappa shape index (κ2) is 4.91. The molecule has 0 bridgehead atoms. The Balaban J connectivity index is 1.79. The molecule has 5 heteroatoms. The van der Waals surface area contributed by atoms with Gasteiger partial charge in [0.2, 0.25) is 5.79 Å². The molecule has 5 nitrogen and oxygen atoms in total. The zero-order chi connectivity index (χ0) is 15.0. The van der Waals surface area contributed by atoms with Crippen molar-refractivity contribution in [1.82, 2.24) is 9.97 Å². The summed E-state index contributed by atoms with van der Waals surface area (Å²) in [4.78, 5) is 8.66. The highest BCUT2D eigenvalue weighted by molar-refractivity contribution is 5.56. The first-order valence-electron chi connectivity index (χ1n) is 7.01. The predicted octanol–water partition coefficient (Wildman–Crippen LogP) is 3.47. The number of rotatable bonds is 3. The monoisotopic (exact) mass is 285 g/mol. The molecule has 1 aliphatic rings. The molecule has 21 heavy (non-hydrogen) atoms. The average molecular weight is 285 g/mol. The summed E-state index contributed by atoms with van der Waals surface area (Å²) in [5.41, 5.74) is 2.84. The third-order valence-corrected chi connectivity index (χ3v) is 3.37. The van der Waals surface area contributed by atoms with Gasteiger partial charge in [-0.25, -0.2) is 0 Å². The van der Waals surface area contributed by atoms with E-state index in [2.05, 4.69) is 22.2 Å². The van der Waals surface area contributed by atoms with E-state index in [1.807, 2.05) is 39.0 Å². The molecule has 0 radical (unpaired) electrons. The molecule has 3 rings (SSSR count). The van der Waals surface area contributed by atoms with Crippen molar-refractivity contribution in [2.45, 2.75) is 39.5 Å². The predicted molar refractivity (Wildman–Crippen MR) is 80.6 cm³/mol. The topological polar surface area (TPSA) is 56.3 Å². The van der Waals surface area contributed by atoms with Crippen LogP contribution in [-0.4, -0.2) is 15.8 Å². The Morgan fingerprint density at radius 2 is 1.81 bits per heavy atom. The normalized spacial score (nSPS) is 16.6. The molecule has 0 saturated heterocycles. The highest BCUT2D eigenvalue weighted by Crippen LogP contribution is 2.41. The van der Waals surface area contributed by atoms with Gasteiger partial charge in [0.05, 0.1) is 17.4 Å². The van der Waals surface area contributed by atoms with Crippen LogP contribution in [0.1, 0.15) is 38.2 Å². The Bertz CT molecular complexity index is 670. The van der Waals surface area contributed by atoms with E-state index in [1.165, 1.54) is 0 Å². The molecule has 0 amide bonds. The molecule has 0 saturated carbocycles. The summed E-state index contributed by atoms with van der Waals surface area (Å²) >= 11 is 0. The van der Waals surface area contributed by atoms with Gasteiger partial charge in [-0.1, -0.05) is 0 Å². The van der Waals surface area contributed by atoms with E-state index in [0.29, 0.717) is 0 Å². The quantitative estimate of drug-likeness (QED) is 0.935. The van der Waals surface area contributed by atoms with E-state index in [9.17, 15) is 0 Å². The molecule has 2 heterocycles. The number of ether oxygens (including phenoxy) is 2. The van der Waals surface area contributed by atoms with Gasteiger partial charge in [-0.05, 0) is 26.0 Å². The molecule has 1 N–H and O–H groups in total. The van der Waals surface area contributed by atoms with E-state index in [1.54, 1.807) is 12.4 Å². The van der Waals surface area contributed by atoms with Gasteiger partial charge in [0.1, 0.15) is 0 Å². The second-order valence-corrected chi connectivity index (χ2v) is 5.66. The van der Waals surface area contributed by atoms with Gasteiger partial charge in [-0.15, -0.1) is 0 Å². The first kappa shape index (κ1) is 13.7. The van der Waals surface area contributed by atoms with Crippen molar-refractivity contribution in [2.75, 3.05) is 5.32 Å². The average Bonchev–Trinajstić information content (AvgIpc) is 2.72. The number of aromatic nitrogens is 2. The largest absolute Gasteiger partial charge is 0.449 e. The summed E-state index contributed by atoms with van der Waals surface area (Å²) in [6.45, 7) is 7.81. The highest BCUT2D eigenvalue weighted by Gasteiger charge is 2.31. The van der Waals surface area contributed by atoms with Gasteiger partial charge < -0.3 is 14.8 Å². The number of fused-ring (bicyclic) bond motifs is 1. The summed E-state index contributed by atoms with van der Waals surface area (Å²) in [7, 11) is 0. The van der Waals surface area contributed by atoms with Crippen LogP contribution in [-0.2, 0) is 0 Å². The molecule has 0 fully saturated rings. The minimum atomic E-state index is -0.603. The number of aryl methyl sites for hydroxylation is 1. The standard InChI is InChI=1S/C16H19N3O2/c1-10-15(18-8-7-17-10)11(2)19-12-5-6-13-14(9-12)21-16(3,4)20-13/h5-9,11,19H,1-4H3. The number of nitrogens with one attached hydrogen (secondary N) is 1. The van der Waals surface area contributed by atoms with E-state index in [-0.39, 0.29) is 6.04 Å². The zero-order valence-electron chi connectivity index (χ0n) is 12.7. The molecule has 110 valence electrons. The van der Waals surface area contributed by atoms with Crippen molar-refractivity contribution in [1.29, 1.82) is 0 Å². The smallest absolute Gasteiger partial charge is 0.246 e. The fraction of sp³-hybridized carbons (Fsp3) is 0.375. The fourth-order valence-electron chi connectivity index (χ4n) is 2.47.